The number of halogens is 1. The number of rotatable bonds is 6. The van der Waals surface area contributed by atoms with Crippen molar-refractivity contribution >= 4 is 0 Å². The number of aliphatic hydroxyl groups excluding tert-OH is 1. The third-order valence-corrected chi connectivity index (χ3v) is 5.05. The second-order valence-electron chi connectivity index (χ2n) is 7.14. The van der Waals surface area contributed by atoms with Crippen molar-refractivity contribution in [2.75, 3.05) is 19.6 Å². The Kier molecular flexibility index (Phi) is 5.84. The molecule has 1 unspecified atom stereocenters. The molecule has 0 amide bonds. The van der Waals surface area contributed by atoms with Gasteiger partial charge in [-0.1, -0.05) is 48.5 Å². The molecule has 2 N–H and O–H groups in total. The highest BCUT2D eigenvalue weighted by Gasteiger charge is 2.33. The highest BCUT2D eigenvalue weighted by atomic mass is 19.1. The topological polar surface area (TPSA) is 43.7 Å². The van der Waals surface area contributed by atoms with Crippen molar-refractivity contribution in [2.24, 2.45) is 0 Å². The van der Waals surface area contributed by atoms with Crippen LogP contribution in [-0.2, 0) is 12.8 Å². The lowest BCUT2D eigenvalue weighted by Gasteiger charge is -2.39. The summed E-state index contributed by atoms with van der Waals surface area (Å²) in [7, 11) is 0. The maximum Gasteiger partial charge on any atom is 0.126 e. The largest absolute Gasteiger partial charge is 0.391 e. The highest BCUT2D eigenvalue weighted by molar-refractivity contribution is 5.20. The van der Waals surface area contributed by atoms with E-state index in [9.17, 15) is 14.6 Å². The first-order valence-corrected chi connectivity index (χ1v) is 8.94. The Labute approximate surface area is 148 Å². The molecule has 1 aliphatic heterocycles. The van der Waals surface area contributed by atoms with Crippen LogP contribution in [0.3, 0.4) is 0 Å². The smallest absolute Gasteiger partial charge is 0.126 e. The number of aliphatic hydroxyl groups is 2. The van der Waals surface area contributed by atoms with E-state index in [1.807, 2.05) is 30.3 Å². The molecule has 1 fully saturated rings. The lowest BCUT2D eigenvalue weighted by molar-refractivity contribution is -0.0297. The molecule has 1 saturated heterocycles. The van der Waals surface area contributed by atoms with Crippen LogP contribution in [0.25, 0.3) is 0 Å². The van der Waals surface area contributed by atoms with Gasteiger partial charge in [0.2, 0.25) is 0 Å². The van der Waals surface area contributed by atoms with E-state index < -0.39 is 11.7 Å². The van der Waals surface area contributed by atoms with Gasteiger partial charge in [0.15, 0.2) is 0 Å². The van der Waals surface area contributed by atoms with E-state index in [1.165, 1.54) is 6.07 Å². The van der Waals surface area contributed by atoms with Crippen LogP contribution >= 0.6 is 0 Å². The van der Waals surface area contributed by atoms with E-state index >= 15 is 0 Å². The summed E-state index contributed by atoms with van der Waals surface area (Å²) in [6, 6.07) is 16.6. The van der Waals surface area contributed by atoms with Gasteiger partial charge in [0.1, 0.15) is 5.82 Å². The minimum atomic E-state index is -0.858. The third-order valence-electron chi connectivity index (χ3n) is 5.05. The molecule has 2 aromatic carbocycles. The SMILES string of the molecule is OC(Cc1ccccc1)CN1CCC(O)(Cc2ccccc2F)CC1. The fourth-order valence-corrected chi connectivity index (χ4v) is 3.57. The molecule has 2 aromatic rings. The molecule has 0 saturated carbocycles. The number of β-amino-alcohol motifs (C(OH)–C–C–N with tert-alkyl or cyclic N) is 1. The predicted octanol–water partition coefficient (Wildman–Crippen LogP) is 2.80. The van der Waals surface area contributed by atoms with E-state index in [-0.39, 0.29) is 5.82 Å². The first-order valence-electron chi connectivity index (χ1n) is 8.94. The number of piperidine rings is 1. The molecule has 0 bridgehead atoms. The zero-order valence-corrected chi connectivity index (χ0v) is 14.4. The Morgan fingerprint density at radius 1 is 1.00 bits per heavy atom. The van der Waals surface area contributed by atoms with Crippen LogP contribution in [0.1, 0.15) is 24.0 Å². The van der Waals surface area contributed by atoms with Gasteiger partial charge in [0.05, 0.1) is 11.7 Å². The van der Waals surface area contributed by atoms with Crippen LogP contribution < -0.4 is 0 Å². The van der Waals surface area contributed by atoms with Crippen molar-refractivity contribution in [1.82, 2.24) is 4.90 Å². The number of benzene rings is 2. The predicted molar refractivity (Wildman–Crippen MR) is 96.9 cm³/mol. The number of hydrogen-bond donors (Lipinski definition) is 2. The monoisotopic (exact) mass is 343 g/mol. The van der Waals surface area contributed by atoms with Gasteiger partial charge in [-0.15, -0.1) is 0 Å². The third kappa shape index (κ3) is 5.11. The van der Waals surface area contributed by atoms with Crippen molar-refractivity contribution in [3.63, 3.8) is 0 Å². The quantitative estimate of drug-likeness (QED) is 0.848. The molecule has 134 valence electrons. The van der Waals surface area contributed by atoms with Crippen molar-refractivity contribution in [3.05, 3.63) is 71.5 Å². The molecule has 0 radical (unpaired) electrons. The van der Waals surface area contributed by atoms with Gasteiger partial charge in [-0.2, -0.15) is 0 Å². The summed E-state index contributed by atoms with van der Waals surface area (Å²) in [6.07, 6.45) is 1.76. The van der Waals surface area contributed by atoms with E-state index in [2.05, 4.69) is 4.90 Å². The summed E-state index contributed by atoms with van der Waals surface area (Å²) in [5.74, 6) is -0.253. The van der Waals surface area contributed by atoms with Crippen LogP contribution in [0.4, 0.5) is 4.39 Å². The Balaban J connectivity index is 1.49. The lowest BCUT2D eigenvalue weighted by Crippen LogP contribution is -2.48. The van der Waals surface area contributed by atoms with Gasteiger partial charge >= 0.3 is 0 Å². The highest BCUT2D eigenvalue weighted by Crippen LogP contribution is 2.27. The Morgan fingerprint density at radius 2 is 1.64 bits per heavy atom. The van der Waals surface area contributed by atoms with E-state index in [0.29, 0.717) is 37.8 Å². The van der Waals surface area contributed by atoms with Crippen LogP contribution in [0.2, 0.25) is 0 Å². The Morgan fingerprint density at radius 3 is 2.32 bits per heavy atom. The fourth-order valence-electron chi connectivity index (χ4n) is 3.57. The zero-order valence-electron chi connectivity index (χ0n) is 14.4. The Bertz CT molecular complexity index is 669. The Hall–Kier alpha value is -1.75. The summed E-state index contributed by atoms with van der Waals surface area (Å²) < 4.78 is 13.8. The van der Waals surface area contributed by atoms with Crippen LogP contribution in [-0.4, -0.2) is 46.5 Å². The second-order valence-corrected chi connectivity index (χ2v) is 7.14. The average Bonchev–Trinajstić information content (AvgIpc) is 2.60. The molecular formula is C21H26FNO2. The van der Waals surface area contributed by atoms with E-state index in [4.69, 9.17) is 0 Å². The summed E-state index contributed by atoms with van der Waals surface area (Å²) in [5, 5.41) is 21.1. The maximum atomic E-state index is 13.8. The molecule has 25 heavy (non-hydrogen) atoms. The molecule has 3 nitrogen and oxygen atoms in total. The van der Waals surface area contributed by atoms with Crippen LogP contribution in [0.15, 0.2) is 54.6 Å². The number of hydrogen-bond acceptors (Lipinski definition) is 3. The molecule has 1 heterocycles. The van der Waals surface area contributed by atoms with Gasteiger partial charge in [-0.05, 0) is 36.5 Å². The average molecular weight is 343 g/mol. The van der Waals surface area contributed by atoms with E-state index in [0.717, 1.165) is 18.7 Å². The van der Waals surface area contributed by atoms with E-state index in [1.54, 1.807) is 18.2 Å². The summed E-state index contributed by atoms with van der Waals surface area (Å²) in [5.41, 5.74) is 0.842. The summed E-state index contributed by atoms with van der Waals surface area (Å²) in [6.45, 7) is 2.04. The van der Waals surface area contributed by atoms with Gasteiger partial charge in [0.25, 0.3) is 0 Å². The molecule has 0 aliphatic carbocycles. The van der Waals surface area contributed by atoms with Crippen molar-refractivity contribution in [1.29, 1.82) is 0 Å². The molecule has 1 aliphatic rings. The standard InChI is InChI=1S/C21H26FNO2/c22-20-9-5-4-8-18(20)15-21(25)10-12-23(13-11-21)16-19(24)14-17-6-2-1-3-7-17/h1-9,19,24-25H,10-16H2. The number of likely N-dealkylation sites (tertiary alicyclic amines) is 1. The summed E-state index contributed by atoms with van der Waals surface area (Å²) in [4.78, 5) is 2.18. The molecule has 0 aromatic heterocycles. The van der Waals surface area contributed by atoms with Gasteiger partial charge in [-0.25, -0.2) is 4.39 Å². The minimum Gasteiger partial charge on any atom is -0.391 e. The molecule has 3 rings (SSSR count). The van der Waals surface area contributed by atoms with Crippen LogP contribution in [0.5, 0.6) is 0 Å². The molecule has 4 heteroatoms. The molecular weight excluding hydrogens is 317 g/mol. The lowest BCUT2D eigenvalue weighted by atomic mass is 9.85. The first-order chi connectivity index (χ1) is 12.0. The van der Waals surface area contributed by atoms with Crippen molar-refractivity contribution < 1.29 is 14.6 Å². The normalized spacial score (nSPS) is 18.8. The first kappa shape index (κ1) is 18.1. The van der Waals surface area contributed by atoms with Crippen molar-refractivity contribution in [3.8, 4) is 0 Å². The minimum absolute atomic E-state index is 0.253. The van der Waals surface area contributed by atoms with Crippen LogP contribution in [0, 0.1) is 5.82 Å². The fraction of sp³-hybridized carbons (Fsp3) is 0.429. The van der Waals surface area contributed by atoms with Gasteiger partial charge in [-0.3, -0.25) is 0 Å². The second kappa shape index (κ2) is 8.09. The molecule has 1 atom stereocenters. The van der Waals surface area contributed by atoms with Gasteiger partial charge < -0.3 is 15.1 Å². The summed E-state index contributed by atoms with van der Waals surface area (Å²) >= 11 is 0. The number of nitrogens with zero attached hydrogens (tertiary/aromatic N) is 1. The molecule has 0 spiro atoms. The van der Waals surface area contributed by atoms with Gasteiger partial charge in [0, 0.05) is 26.1 Å². The maximum absolute atomic E-state index is 13.8. The van der Waals surface area contributed by atoms with Crippen molar-refractivity contribution in [2.45, 2.75) is 37.4 Å². The zero-order chi connectivity index (χ0) is 17.7.